The topological polar surface area (TPSA) is 6.48 Å². The van der Waals surface area contributed by atoms with E-state index >= 15 is 0 Å². The monoisotopic (exact) mass is 154 g/mol. The summed E-state index contributed by atoms with van der Waals surface area (Å²) in [4.78, 5) is 4.59. The molecule has 0 aliphatic carbocycles. The third kappa shape index (κ3) is 1.88. The minimum Gasteiger partial charge on any atom is -0.359 e. The van der Waals surface area contributed by atoms with Crippen LogP contribution >= 0.6 is 0 Å². The quantitative estimate of drug-likeness (QED) is 0.597. The summed E-state index contributed by atoms with van der Waals surface area (Å²) in [5.41, 5.74) is 0. The van der Waals surface area contributed by atoms with E-state index in [4.69, 9.17) is 0 Å². The Morgan fingerprint density at radius 2 is 2.00 bits per heavy atom. The zero-order chi connectivity index (χ0) is 8.43. The van der Waals surface area contributed by atoms with Crippen LogP contribution in [0.15, 0.2) is 12.4 Å². The zero-order valence-corrected chi connectivity index (χ0v) is 7.91. The fourth-order valence-corrected chi connectivity index (χ4v) is 1.31. The van der Waals surface area contributed by atoms with E-state index in [2.05, 4.69) is 50.0 Å². The summed E-state index contributed by atoms with van der Waals surface area (Å²) in [5.74, 6) is 0.744. The zero-order valence-electron chi connectivity index (χ0n) is 7.91. The molecule has 0 aromatic carbocycles. The highest BCUT2D eigenvalue weighted by Crippen LogP contribution is 2.14. The first-order chi connectivity index (χ1) is 5.11. The van der Waals surface area contributed by atoms with Gasteiger partial charge >= 0.3 is 0 Å². The Bertz CT molecular complexity index is 152. The van der Waals surface area contributed by atoms with Gasteiger partial charge in [-0.2, -0.15) is 0 Å². The first-order valence-electron chi connectivity index (χ1n) is 4.27. The van der Waals surface area contributed by atoms with Crippen molar-refractivity contribution in [2.45, 2.75) is 26.9 Å². The van der Waals surface area contributed by atoms with Crippen LogP contribution in [-0.2, 0) is 0 Å². The molecule has 0 aromatic rings. The Morgan fingerprint density at radius 3 is 2.36 bits per heavy atom. The predicted molar refractivity (Wildman–Crippen MR) is 47.9 cm³/mol. The maximum Gasteiger partial charge on any atom is 0.0974 e. The molecule has 0 saturated carbocycles. The summed E-state index contributed by atoms with van der Waals surface area (Å²) >= 11 is 0. The first-order valence-corrected chi connectivity index (χ1v) is 4.27. The number of nitrogens with zero attached hydrogens (tertiary/aromatic N) is 2. The lowest BCUT2D eigenvalue weighted by Gasteiger charge is -2.28. The minimum atomic E-state index is 0.539. The summed E-state index contributed by atoms with van der Waals surface area (Å²) in [5, 5.41) is 0. The van der Waals surface area contributed by atoms with Gasteiger partial charge < -0.3 is 9.80 Å². The van der Waals surface area contributed by atoms with Crippen LogP contribution in [0.3, 0.4) is 0 Å². The second kappa shape index (κ2) is 3.16. The lowest BCUT2D eigenvalue weighted by molar-refractivity contribution is 0.180. The Hall–Kier alpha value is -0.660. The van der Waals surface area contributed by atoms with Crippen molar-refractivity contribution in [3.8, 4) is 0 Å². The molecule has 1 atom stereocenters. The third-order valence-electron chi connectivity index (χ3n) is 2.14. The van der Waals surface area contributed by atoms with E-state index in [1.165, 1.54) is 0 Å². The van der Waals surface area contributed by atoms with Gasteiger partial charge in [-0.05, 0) is 12.8 Å². The highest BCUT2D eigenvalue weighted by atomic mass is 15.4. The molecular weight excluding hydrogens is 136 g/mol. The van der Waals surface area contributed by atoms with E-state index in [9.17, 15) is 0 Å². The molecule has 11 heavy (non-hydrogen) atoms. The number of hydrogen-bond donors (Lipinski definition) is 0. The van der Waals surface area contributed by atoms with Crippen molar-refractivity contribution in [3.05, 3.63) is 12.4 Å². The van der Waals surface area contributed by atoms with Crippen LogP contribution in [-0.4, -0.2) is 29.6 Å². The van der Waals surface area contributed by atoms with Gasteiger partial charge in [0.2, 0.25) is 0 Å². The smallest absolute Gasteiger partial charge is 0.0974 e. The van der Waals surface area contributed by atoms with Gasteiger partial charge in [-0.3, -0.25) is 0 Å². The molecule has 2 heteroatoms. The molecule has 0 radical (unpaired) electrons. The van der Waals surface area contributed by atoms with Gasteiger partial charge in [-0.15, -0.1) is 0 Å². The van der Waals surface area contributed by atoms with E-state index in [0.717, 1.165) is 12.5 Å². The fraction of sp³-hybridized carbons (Fsp3) is 0.778. The van der Waals surface area contributed by atoms with Crippen LogP contribution in [0.5, 0.6) is 0 Å². The van der Waals surface area contributed by atoms with Gasteiger partial charge in [-0.25, -0.2) is 0 Å². The van der Waals surface area contributed by atoms with E-state index in [-0.39, 0.29) is 0 Å². The first kappa shape index (κ1) is 8.44. The number of hydrogen-bond acceptors (Lipinski definition) is 2. The van der Waals surface area contributed by atoms with E-state index in [1.807, 2.05) is 0 Å². The molecule has 0 aromatic heterocycles. The van der Waals surface area contributed by atoms with Gasteiger partial charge in [0.05, 0.1) is 6.17 Å². The SMILES string of the molecule is CC(C)CN1C=CN(C)C1C. The van der Waals surface area contributed by atoms with Crippen molar-refractivity contribution in [1.29, 1.82) is 0 Å². The van der Waals surface area contributed by atoms with Crippen LogP contribution in [0.1, 0.15) is 20.8 Å². The average Bonchev–Trinajstić information content (AvgIpc) is 2.18. The molecule has 2 nitrogen and oxygen atoms in total. The van der Waals surface area contributed by atoms with Crippen LogP contribution in [0.4, 0.5) is 0 Å². The largest absolute Gasteiger partial charge is 0.359 e. The van der Waals surface area contributed by atoms with Crippen molar-refractivity contribution in [1.82, 2.24) is 9.80 Å². The molecule has 0 N–H and O–H groups in total. The van der Waals surface area contributed by atoms with Crippen molar-refractivity contribution >= 4 is 0 Å². The van der Waals surface area contributed by atoms with E-state index in [1.54, 1.807) is 0 Å². The summed E-state index contributed by atoms with van der Waals surface area (Å²) < 4.78 is 0. The van der Waals surface area contributed by atoms with Gasteiger partial charge in [0.25, 0.3) is 0 Å². The molecule has 0 spiro atoms. The minimum absolute atomic E-state index is 0.539. The van der Waals surface area contributed by atoms with Crippen LogP contribution < -0.4 is 0 Å². The Labute approximate surface area is 69.5 Å². The molecule has 0 amide bonds. The van der Waals surface area contributed by atoms with E-state index in [0.29, 0.717) is 6.17 Å². The summed E-state index contributed by atoms with van der Waals surface area (Å²) in [7, 11) is 2.11. The van der Waals surface area contributed by atoms with Crippen LogP contribution in [0, 0.1) is 5.92 Å². The Balaban J connectivity index is 2.43. The molecule has 64 valence electrons. The van der Waals surface area contributed by atoms with Crippen LogP contribution in [0.2, 0.25) is 0 Å². The van der Waals surface area contributed by atoms with Crippen molar-refractivity contribution in [3.63, 3.8) is 0 Å². The Morgan fingerprint density at radius 1 is 1.36 bits per heavy atom. The molecule has 1 rings (SSSR count). The summed E-state index contributed by atoms with van der Waals surface area (Å²) in [6.45, 7) is 7.88. The maximum absolute atomic E-state index is 2.37. The molecule has 1 heterocycles. The molecular formula is C9H18N2. The lowest BCUT2D eigenvalue weighted by Crippen LogP contribution is -2.35. The standard InChI is InChI=1S/C9H18N2/c1-8(2)7-11-6-5-10(4)9(11)3/h5-6,8-9H,7H2,1-4H3. The molecule has 0 bridgehead atoms. The highest BCUT2D eigenvalue weighted by Gasteiger charge is 2.18. The molecule has 1 unspecified atom stereocenters. The summed E-state index contributed by atoms with van der Waals surface area (Å²) in [6, 6.07) is 0. The average molecular weight is 154 g/mol. The van der Waals surface area contributed by atoms with Crippen molar-refractivity contribution < 1.29 is 0 Å². The summed E-state index contributed by atoms with van der Waals surface area (Å²) in [6.07, 6.45) is 4.84. The van der Waals surface area contributed by atoms with Crippen molar-refractivity contribution in [2.24, 2.45) is 5.92 Å². The van der Waals surface area contributed by atoms with Crippen LogP contribution in [0.25, 0.3) is 0 Å². The molecule has 1 aliphatic heterocycles. The second-order valence-electron chi connectivity index (χ2n) is 3.69. The maximum atomic E-state index is 2.37. The Kier molecular flexibility index (Phi) is 2.42. The molecule has 0 saturated heterocycles. The van der Waals surface area contributed by atoms with Crippen molar-refractivity contribution in [2.75, 3.05) is 13.6 Å². The lowest BCUT2D eigenvalue weighted by atomic mass is 10.2. The normalized spacial score (nSPS) is 23.9. The van der Waals surface area contributed by atoms with Gasteiger partial charge in [0.1, 0.15) is 0 Å². The van der Waals surface area contributed by atoms with E-state index < -0.39 is 0 Å². The molecule has 1 aliphatic rings. The third-order valence-corrected chi connectivity index (χ3v) is 2.14. The second-order valence-corrected chi connectivity index (χ2v) is 3.69. The predicted octanol–water partition coefficient (Wildman–Crippen LogP) is 1.71. The van der Waals surface area contributed by atoms with Gasteiger partial charge in [0.15, 0.2) is 0 Å². The highest BCUT2D eigenvalue weighted by molar-refractivity contribution is 4.93. The molecule has 0 fully saturated rings. The van der Waals surface area contributed by atoms with Gasteiger partial charge in [0, 0.05) is 26.0 Å². The number of rotatable bonds is 2. The fourth-order valence-electron chi connectivity index (χ4n) is 1.31. The van der Waals surface area contributed by atoms with Gasteiger partial charge in [-0.1, -0.05) is 13.8 Å².